The van der Waals surface area contributed by atoms with Crippen molar-refractivity contribution in [3.8, 4) is 0 Å². The first-order valence-electron chi connectivity index (χ1n) is 9.67. The minimum Gasteiger partial charge on any atom is -0.397 e. The third-order valence-corrected chi connectivity index (χ3v) is 6.99. The number of aliphatic hydroxyl groups is 3. The Balaban J connectivity index is 1.74. The van der Waals surface area contributed by atoms with Gasteiger partial charge in [0.05, 0.1) is 28.4 Å². The van der Waals surface area contributed by atoms with Gasteiger partial charge in [-0.05, 0) is 29.8 Å². The van der Waals surface area contributed by atoms with Crippen LogP contribution in [0.2, 0.25) is 10.0 Å². The van der Waals surface area contributed by atoms with Crippen LogP contribution in [0.4, 0.5) is 13.2 Å². The lowest BCUT2D eigenvalue weighted by atomic mass is 9.97. The number of rotatable bonds is 7. The quantitative estimate of drug-likeness (QED) is 0.354. The second-order valence-electron chi connectivity index (χ2n) is 7.31. The van der Waals surface area contributed by atoms with Gasteiger partial charge in [0.1, 0.15) is 23.7 Å². The lowest BCUT2D eigenvalue weighted by Crippen LogP contribution is -2.62. The minimum atomic E-state index is -1.62. The van der Waals surface area contributed by atoms with Crippen LogP contribution in [0.3, 0.4) is 0 Å². The fourth-order valence-electron chi connectivity index (χ4n) is 3.22. The Morgan fingerprint density at radius 2 is 1.76 bits per heavy atom. The van der Waals surface area contributed by atoms with E-state index in [4.69, 9.17) is 33.7 Å². The summed E-state index contributed by atoms with van der Waals surface area (Å²) in [4.78, 5) is 0. The van der Waals surface area contributed by atoms with E-state index in [1.807, 2.05) is 0 Å². The molecule has 0 spiro atoms. The van der Waals surface area contributed by atoms with Crippen LogP contribution in [-0.4, -0.2) is 51.7 Å². The molecule has 12 heteroatoms. The first kappa shape index (κ1) is 26.0. The predicted molar refractivity (Wildman–Crippen MR) is 121 cm³/mol. The average Bonchev–Trinajstić information content (AvgIpc) is 2.78. The number of thioether (sulfide) groups is 1. The summed E-state index contributed by atoms with van der Waals surface area (Å²) < 4.78 is 45.8. The van der Waals surface area contributed by atoms with Gasteiger partial charge < -0.3 is 31.1 Å². The zero-order valence-electron chi connectivity index (χ0n) is 16.9. The van der Waals surface area contributed by atoms with Gasteiger partial charge in [-0.2, -0.15) is 0 Å². The number of hydrogen-bond donors (Lipinski definition) is 5. The van der Waals surface area contributed by atoms with E-state index < -0.39 is 53.8 Å². The van der Waals surface area contributed by atoms with Crippen molar-refractivity contribution in [3.63, 3.8) is 0 Å². The molecule has 0 radical (unpaired) electrons. The van der Waals surface area contributed by atoms with Crippen LogP contribution < -0.4 is 11.1 Å². The SMILES string of the molecule is N/C(=C\NC1C(O)C(CO)OC(SCc2ccc(Cl)c(Cl)c2)C1O)c1cc(F)c(F)c(F)c1. The van der Waals surface area contributed by atoms with Gasteiger partial charge in [-0.25, -0.2) is 13.2 Å². The van der Waals surface area contributed by atoms with Crippen molar-refractivity contribution in [1.29, 1.82) is 0 Å². The number of nitrogens with one attached hydrogen (secondary N) is 1. The molecule has 0 aromatic heterocycles. The highest BCUT2D eigenvalue weighted by Crippen LogP contribution is 2.32. The molecule has 5 unspecified atom stereocenters. The Morgan fingerprint density at radius 1 is 1.09 bits per heavy atom. The summed E-state index contributed by atoms with van der Waals surface area (Å²) >= 11 is 13.1. The zero-order chi connectivity index (χ0) is 24.3. The summed E-state index contributed by atoms with van der Waals surface area (Å²) in [5.41, 5.74) is 5.47. The van der Waals surface area contributed by atoms with Crippen LogP contribution in [0.25, 0.3) is 5.70 Å². The third-order valence-electron chi connectivity index (χ3n) is 5.03. The van der Waals surface area contributed by atoms with Crippen molar-refractivity contribution in [2.24, 2.45) is 5.73 Å². The van der Waals surface area contributed by atoms with E-state index in [0.717, 1.165) is 23.9 Å². The fourth-order valence-corrected chi connectivity index (χ4v) is 4.67. The smallest absolute Gasteiger partial charge is 0.194 e. The van der Waals surface area contributed by atoms with Crippen LogP contribution >= 0.6 is 35.0 Å². The van der Waals surface area contributed by atoms with E-state index in [-0.39, 0.29) is 11.3 Å². The average molecular weight is 525 g/mol. The molecule has 1 heterocycles. The first-order valence-corrected chi connectivity index (χ1v) is 11.5. The molecule has 3 rings (SSSR count). The largest absolute Gasteiger partial charge is 0.397 e. The lowest BCUT2D eigenvalue weighted by molar-refractivity contribution is -0.164. The van der Waals surface area contributed by atoms with Gasteiger partial charge in [-0.3, -0.25) is 0 Å². The molecule has 2 aromatic rings. The molecular formula is C21H21Cl2F3N2O4S. The number of benzene rings is 2. The summed E-state index contributed by atoms with van der Waals surface area (Å²) in [6.07, 6.45) is -2.49. The zero-order valence-corrected chi connectivity index (χ0v) is 19.2. The van der Waals surface area contributed by atoms with E-state index >= 15 is 0 Å². The molecule has 1 aliphatic rings. The van der Waals surface area contributed by atoms with Crippen LogP contribution in [0.1, 0.15) is 11.1 Å². The van der Waals surface area contributed by atoms with Gasteiger partial charge in [0.25, 0.3) is 0 Å². The number of aliphatic hydroxyl groups excluding tert-OH is 3. The van der Waals surface area contributed by atoms with Crippen molar-refractivity contribution in [3.05, 3.63) is 75.2 Å². The number of nitrogens with two attached hydrogens (primary N) is 1. The van der Waals surface area contributed by atoms with Crippen molar-refractivity contribution in [2.45, 2.75) is 35.5 Å². The van der Waals surface area contributed by atoms with Gasteiger partial charge in [0, 0.05) is 17.5 Å². The molecule has 0 aliphatic carbocycles. The maximum absolute atomic E-state index is 13.5. The number of halogens is 5. The molecule has 1 fully saturated rings. The number of hydrogen-bond acceptors (Lipinski definition) is 7. The highest BCUT2D eigenvalue weighted by molar-refractivity contribution is 7.99. The summed E-state index contributed by atoms with van der Waals surface area (Å²) in [7, 11) is 0. The van der Waals surface area contributed by atoms with E-state index in [2.05, 4.69) is 5.32 Å². The summed E-state index contributed by atoms with van der Waals surface area (Å²) in [6.45, 7) is -0.524. The number of ether oxygens (including phenoxy) is 1. The Hall–Kier alpha value is -1.66. The molecule has 1 aliphatic heterocycles. The molecule has 0 saturated carbocycles. The van der Waals surface area contributed by atoms with Crippen molar-refractivity contribution in [1.82, 2.24) is 5.32 Å². The van der Waals surface area contributed by atoms with E-state index in [9.17, 15) is 28.5 Å². The molecule has 180 valence electrons. The van der Waals surface area contributed by atoms with Crippen LogP contribution in [0, 0.1) is 17.5 Å². The highest BCUT2D eigenvalue weighted by atomic mass is 35.5. The molecular weight excluding hydrogens is 504 g/mol. The van der Waals surface area contributed by atoms with E-state index in [1.165, 1.54) is 11.8 Å². The molecule has 6 N–H and O–H groups in total. The van der Waals surface area contributed by atoms with Crippen LogP contribution in [-0.2, 0) is 10.5 Å². The Kier molecular flexibility index (Phi) is 8.79. The summed E-state index contributed by atoms with van der Waals surface area (Å²) in [6, 6.07) is 5.46. The standard InChI is InChI=1S/C21H21Cl2F3N2O4S/c22-11-2-1-9(3-12(11)23)8-33-21-20(31)18(19(30)16(7-29)32-21)28-6-15(27)10-4-13(24)17(26)14(25)5-10/h1-6,16,18-21,28-31H,7-8,27H2/b15-6-. The van der Waals surface area contributed by atoms with Gasteiger partial charge >= 0.3 is 0 Å². The molecule has 0 bridgehead atoms. The van der Waals surface area contributed by atoms with Crippen molar-refractivity contribution >= 4 is 40.7 Å². The molecule has 1 saturated heterocycles. The first-order chi connectivity index (χ1) is 15.6. The fraction of sp³-hybridized carbons (Fsp3) is 0.333. The van der Waals surface area contributed by atoms with Gasteiger partial charge in [0.15, 0.2) is 17.5 Å². The second-order valence-corrected chi connectivity index (χ2v) is 9.21. The van der Waals surface area contributed by atoms with Gasteiger partial charge in [-0.15, -0.1) is 11.8 Å². The van der Waals surface area contributed by atoms with Crippen LogP contribution in [0.15, 0.2) is 36.5 Å². The van der Waals surface area contributed by atoms with Crippen LogP contribution in [0.5, 0.6) is 0 Å². The lowest BCUT2D eigenvalue weighted by Gasteiger charge is -2.42. The summed E-state index contributed by atoms with van der Waals surface area (Å²) in [5.74, 6) is -4.06. The predicted octanol–water partition coefficient (Wildman–Crippen LogP) is 3.00. The molecule has 2 aromatic carbocycles. The van der Waals surface area contributed by atoms with Gasteiger partial charge in [-0.1, -0.05) is 29.3 Å². The maximum Gasteiger partial charge on any atom is 0.194 e. The van der Waals surface area contributed by atoms with E-state index in [0.29, 0.717) is 15.8 Å². The molecule has 5 atom stereocenters. The highest BCUT2D eigenvalue weighted by Gasteiger charge is 2.44. The Labute approximate surface area is 202 Å². The molecule has 33 heavy (non-hydrogen) atoms. The molecule has 0 amide bonds. The topological polar surface area (TPSA) is 108 Å². The molecule has 6 nitrogen and oxygen atoms in total. The second kappa shape index (κ2) is 11.2. The minimum absolute atomic E-state index is 0.140. The van der Waals surface area contributed by atoms with Crippen molar-refractivity contribution < 1.29 is 33.2 Å². The third kappa shape index (κ3) is 6.07. The monoisotopic (exact) mass is 524 g/mol. The van der Waals surface area contributed by atoms with E-state index in [1.54, 1.807) is 18.2 Å². The van der Waals surface area contributed by atoms with Gasteiger partial charge in [0.2, 0.25) is 0 Å². The van der Waals surface area contributed by atoms with Crippen molar-refractivity contribution in [2.75, 3.05) is 6.61 Å². The summed E-state index contributed by atoms with van der Waals surface area (Å²) in [5, 5.41) is 34.3. The Bertz CT molecular complexity index is 1010. The normalized spacial score (nSPS) is 25.8. The Morgan fingerprint density at radius 3 is 2.36 bits per heavy atom. The maximum atomic E-state index is 13.5.